The second-order valence-electron chi connectivity index (χ2n) is 10.7. The van der Waals surface area contributed by atoms with Crippen LogP contribution in [0.2, 0.25) is 18.1 Å². The van der Waals surface area contributed by atoms with Crippen molar-refractivity contribution in [3.8, 4) is 22.9 Å². The summed E-state index contributed by atoms with van der Waals surface area (Å²) >= 11 is 1.12. The molecule has 0 aliphatic rings. The third kappa shape index (κ3) is 8.26. The molecular formula is C29H37FN4O6SSi. The van der Waals surface area contributed by atoms with E-state index >= 15 is 4.39 Å². The normalized spacial score (nSPS) is 12.8. The van der Waals surface area contributed by atoms with Crippen molar-refractivity contribution in [2.45, 2.75) is 45.8 Å². The van der Waals surface area contributed by atoms with Crippen LogP contribution in [0.5, 0.6) is 11.5 Å². The highest BCUT2D eigenvalue weighted by molar-refractivity contribution is 8.15. The SMILES string of the molecule is COC(=O)/N=C(SC)/C(=N\c1ccc(-c2noc(C)n2)cc1)c1cc(OC)cc(OCCO[Si](C)(C)C(C)(C)C)c1F. The maximum Gasteiger partial charge on any atom is 0.434 e. The number of amides is 1. The molecule has 0 bridgehead atoms. The van der Waals surface area contributed by atoms with E-state index in [0.29, 0.717) is 35.3 Å². The Kier molecular flexibility index (Phi) is 11.0. The van der Waals surface area contributed by atoms with Gasteiger partial charge in [-0.3, -0.25) is 0 Å². The Hall–Kier alpha value is -3.55. The number of aryl methyl sites for hydroxylation is 1. The maximum absolute atomic E-state index is 16.1. The van der Waals surface area contributed by atoms with E-state index in [0.717, 1.165) is 11.8 Å². The predicted molar refractivity (Wildman–Crippen MR) is 166 cm³/mol. The molecule has 1 aromatic heterocycles. The number of nitrogens with zero attached hydrogens (tertiary/aromatic N) is 4. The minimum atomic E-state index is -2.00. The molecule has 0 unspecified atom stereocenters. The van der Waals surface area contributed by atoms with E-state index in [-0.39, 0.29) is 33.7 Å². The van der Waals surface area contributed by atoms with Gasteiger partial charge in [0.2, 0.25) is 11.7 Å². The van der Waals surface area contributed by atoms with Gasteiger partial charge >= 0.3 is 6.09 Å². The van der Waals surface area contributed by atoms with Crippen LogP contribution in [0.4, 0.5) is 14.9 Å². The largest absolute Gasteiger partial charge is 0.497 e. The molecule has 1 amide bonds. The lowest BCUT2D eigenvalue weighted by atomic mass is 10.1. The van der Waals surface area contributed by atoms with E-state index < -0.39 is 20.2 Å². The van der Waals surface area contributed by atoms with Gasteiger partial charge in [-0.15, -0.1) is 11.8 Å². The molecule has 2 aromatic carbocycles. The van der Waals surface area contributed by atoms with E-state index in [1.807, 2.05) is 0 Å². The van der Waals surface area contributed by atoms with Gasteiger partial charge in [0.05, 0.1) is 26.5 Å². The standard InChI is InChI=1S/C29H37FN4O6SSi/c1-18-31-26(34-40-18)19-10-12-20(13-11-19)32-25(27(41-7)33-28(35)37-6)22-16-21(36-5)17-23(24(22)30)38-14-15-39-42(8,9)29(2,3)4/h10-13,16-17H,14-15H2,1-9H3/b32-25-,33-27-. The second-order valence-corrected chi connectivity index (χ2v) is 16.3. The molecule has 10 nitrogen and oxygen atoms in total. The van der Waals surface area contributed by atoms with Crippen molar-refractivity contribution in [3.05, 3.63) is 53.7 Å². The van der Waals surface area contributed by atoms with Crippen molar-refractivity contribution in [2.75, 3.05) is 33.7 Å². The van der Waals surface area contributed by atoms with Crippen LogP contribution in [0.15, 0.2) is 50.9 Å². The van der Waals surface area contributed by atoms with Gasteiger partial charge in [-0.1, -0.05) is 25.9 Å². The van der Waals surface area contributed by atoms with Crippen LogP contribution in [0.3, 0.4) is 0 Å². The first-order valence-corrected chi connectivity index (χ1v) is 17.3. The molecule has 0 saturated heterocycles. The fourth-order valence-corrected chi connectivity index (χ4v) is 4.95. The Morgan fingerprint density at radius 3 is 2.36 bits per heavy atom. The lowest BCUT2D eigenvalue weighted by molar-refractivity contribution is 0.183. The van der Waals surface area contributed by atoms with E-state index in [1.54, 1.807) is 37.4 Å². The van der Waals surface area contributed by atoms with Gasteiger partial charge in [0.15, 0.2) is 19.9 Å². The van der Waals surface area contributed by atoms with Crippen molar-refractivity contribution in [3.63, 3.8) is 0 Å². The zero-order valence-electron chi connectivity index (χ0n) is 25.4. The molecule has 3 rings (SSSR count). The highest BCUT2D eigenvalue weighted by atomic mass is 32.2. The highest BCUT2D eigenvalue weighted by Crippen LogP contribution is 2.36. The summed E-state index contributed by atoms with van der Waals surface area (Å²) in [6.07, 6.45) is 0.851. The molecule has 0 saturated carbocycles. The van der Waals surface area contributed by atoms with Crippen molar-refractivity contribution < 1.29 is 32.3 Å². The van der Waals surface area contributed by atoms with Crippen LogP contribution in [0, 0.1) is 12.7 Å². The second kappa shape index (κ2) is 14.1. The average Bonchev–Trinajstić information content (AvgIpc) is 3.39. The Labute approximate surface area is 250 Å². The molecule has 13 heteroatoms. The van der Waals surface area contributed by atoms with Gasteiger partial charge < -0.3 is 23.2 Å². The molecule has 0 atom stereocenters. The zero-order chi connectivity index (χ0) is 31.1. The van der Waals surface area contributed by atoms with Crippen LogP contribution in [0.1, 0.15) is 32.2 Å². The Balaban J connectivity index is 2.03. The average molecular weight is 617 g/mol. The summed E-state index contributed by atoms with van der Waals surface area (Å²) in [5.74, 6) is 0.472. The van der Waals surface area contributed by atoms with Crippen LogP contribution in [-0.2, 0) is 9.16 Å². The molecule has 42 heavy (non-hydrogen) atoms. The number of thioether (sulfide) groups is 1. The summed E-state index contributed by atoms with van der Waals surface area (Å²) in [5.41, 5.74) is 1.30. The minimum Gasteiger partial charge on any atom is -0.497 e. The molecule has 3 aromatic rings. The number of carbonyl (C=O) groups excluding carboxylic acids is 1. The third-order valence-corrected chi connectivity index (χ3v) is 12.0. The fourth-order valence-electron chi connectivity index (χ4n) is 3.41. The summed E-state index contributed by atoms with van der Waals surface area (Å²) < 4.78 is 43.3. The van der Waals surface area contributed by atoms with Gasteiger partial charge in [0, 0.05) is 24.1 Å². The summed E-state index contributed by atoms with van der Waals surface area (Å²) in [6.45, 7) is 12.9. The van der Waals surface area contributed by atoms with Crippen molar-refractivity contribution in [1.29, 1.82) is 0 Å². The number of aromatic nitrogens is 2. The molecule has 0 aliphatic heterocycles. The molecule has 0 fully saturated rings. The number of rotatable bonds is 10. The van der Waals surface area contributed by atoms with Gasteiger partial charge in [-0.2, -0.15) is 9.98 Å². The number of aliphatic imine (C=N–C) groups is 2. The fraction of sp³-hybridized carbons (Fsp3) is 0.414. The zero-order valence-corrected chi connectivity index (χ0v) is 27.2. The van der Waals surface area contributed by atoms with Gasteiger partial charge in [-0.05, 0) is 54.7 Å². The van der Waals surface area contributed by atoms with Gasteiger partial charge in [0.25, 0.3) is 0 Å². The monoisotopic (exact) mass is 616 g/mol. The Morgan fingerprint density at radius 1 is 1.12 bits per heavy atom. The Bertz CT molecular complexity index is 1450. The van der Waals surface area contributed by atoms with Crippen LogP contribution < -0.4 is 9.47 Å². The number of ether oxygens (including phenoxy) is 3. The third-order valence-electron chi connectivity index (χ3n) is 6.77. The van der Waals surface area contributed by atoms with E-state index in [9.17, 15) is 4.79 Å². The lowest BCUT2D eigenvalue weighted by Gasteiger charge is -2.36. The summed E-state index contributed by atoms with van der Waals surface area (Å²) in [4.78, 5) is 25.0. The smallest absolute Gasteiger partial charge is 0.434 e. The van der Waals surface area contributed by atoms with E-state index in [4.69, 9.17) is 23.2 Å². The summed E-state index contributed by atoms with van der Waals surface area (Å²) in [7, 11) is 0.675. The summed E-state index contributed by atoms with van der Waals surface area (Å²) in [5, 5.41) is 4.09. The minimum absolute atomic E-state index is 0.0304. The van der Waals surface area contributed by atoms with Crippen molar-refractivity contribution >= 4 is 42.6 Å². The molecule has 1 heterocycles. The number of benzene rings is 2. The highest BCUT2D eigenvalue weighted by Gasteiger charge is 2.37. The van der Waals surface area contributed by atoms with Gasteiger partial charge in [-0.25, -0.2) is 14.2 Å². The first kappa shape index (κ1) is 33.0. The van der Waals surface area contributed by atoms with E-state index in [2.05, 4.69) is 54.0 Å². The first-order chi connectivity index (χ1) is 19.8. The Morgan fingerprint density at radius 2 is 1.81 bits per heavy atom. The number of hydrogen-bond acceptors (Lipinski definition) is 10. The number of carbonyl (C=O) groups is 1. The van der Waals surface area contributed by atoms with Crippen LogP contribution in [0.25, 0.3) is 11.4 Å². The molecule has 0 N–H and O–H groups in total. The van der Waals surface area contributed by atoms with Gasteiger partial charge in [0.1, 0.15) is 23.1 Å². The molecule has 0 aliphatic carbocycles. The number of hydrogen-bond donors (Lipinski definition) is 0. The molecule has 0 spiro atoms. The predicted octanol–water partition coefficient (Wildman–Crippen LogP) is 7.24. The molecule has 226 valence electrons. The quantitative estimate of drug-likeness (QED) is 0.100. The topological polar surface area (TPSA) is 118 Å². The van der Waals surface area contributed by atoms with E-state index in [1.165, 1.54) is 26.4 Å². The maximum atomic E-state index is 16.1. The number of methoxy groups -OCH3 is 2. The van der Waals surface area contributed by atoms with Crippen molar-refractivity contribution in [1.82, 2.24) is 10.1 Å². The lowest BCUT2D eigenvalue weighted by Crippen LogP contribution is -2.41. The van der Waals surface area contributed by atoms with Crippen LogP contribution in [-0.4, -0.2) is 69.0 Å². The van der Waals surface area contributed by atoms with Crippen LogP contribution >= 0.6 is 11.8 Å². The first-order valence-electron chi connectivity index (χ1n) is 13.1. The van der Waals surface area contributed by atoms with Crippen molar-refractivity contribution in [2.24, 2.45) is 9.98 Å². The molecule has 0 radical (unpaired) electrons. The molecular weight excluding hydrogens is 579 g/mol. The summed E-state index contributed by atoms with van der Waals surface area (Å²) in [6, 6.07) is 9.88. The number of halogens is 1.